The van der Waals surface area contributed by atoms with Crippen molar-refractivity contribution in [3.8, 4) is 11.1 Å². The van der Waals surface area contributed by atoms with Crippen molar-refractivity contribution >= 4 is 31.9 Å². The molecule has 1 N–H and O–H groups in total. The Bertz CT molecular complexity index is 1160. The summed E-state index contributed by atoms with van der Waals surface area (Å²) in [7, 11) is 0. The predicted octanol–water partition coefficient (Wildman–Crippen LogP) is 7.32. The quantitative estimate of drug-likeness (QED) is 0.350. The van der Waals surface area contributed by atoms with E-state index in [1.54, 1.807) is 0 Å². The zero-order chi connectivity index (χ0) is 20.7. The van der Waals surface area contributed by atoms with Crippen molar-refractivity contribution in [3.63, 3.8) is 0 Å². The fourth-order valence-corrected chi connectivity index (χ4v) is 5.68. The van der Waals surface area contributed by atoms with Crippen LogP contribution >= 0.6 is 31.9 Å². The lowest BCUT2D eigenvalue weighted by molar-refractivity contribution is 0.116. The lowest BCUT2D eigenvalue weighted by Gasteiger charge is -2.37. The average Bonchev–Trinajstić information content (AvgIpc) is 2.90. The largest absolute Gasteiger partial charge is 0.376 e. The van der Waals surface area contributed by atoms with E-state index in [1.165, 1.54) is 11.1 Å². The molecule has 0 amide bonds. The fourth-order valence-electron chi connectivity index (χ4n) is 4.84. The van der Waals surface area contributed by atoms with Crippen LogP contribution in [-0.4, -0.2) is 9.93 Å². The molecular formula is C27H22Br2O. The molecule has 5 rings (SSSR count). The maximum atomic E-state index is 12.7. The minimum absolute atomic E-state index is 0.223. The van der Waals surface area contributed by atoms with Gasteiger partial charge in [-0.05, 0) is 64.8 Å². The van der Waals surface area contributed by atoms with E-state index in [2.05, 4.69) is 105 Å². The predicted molar refractivity (Wildman–Crippen MR) is 131 cm³/mol. The van der Waals surface area contributed by atoms with Gasteiger partial charge < -0.3 is 5.11 Å². The Balaban J connectivity index is 1.84. The summed E-state index contributed by atoms with van der Waals surface area (Å²) in [5.74, 6) is 0. The number of aliphatic hydroxyl groups is 1. The molecule has 2 atom stereocenters. The second-order valence-corrected chi connectivity index (χ2v) is 10.1. The second-order valence-electron chi connectivity index (χ2n) is 8.01. The van der Waals surface area contributed by atoms with E-state index >= 15 is 0 Å². The summed E-state index contributed by atoms with van der Waals surface area (Å²) in [6.07, 6.45) is 7.06. The van der Waals surface area contributed by atoms with E-state index in [-0.39, 0.29) is 4.83 Å². The topological polar surface area (TPSA) is 20.2 Å². The molecule has 3 aromatic rings. The third-order valence-corrected chi connectivity index (χ3v) is 7.38. The monoisotopic (exact) mass is 520 g/mol. The van der Waals surface area contributed by atoms with E-state index in [9.17, 15) is 5.11 Å². The van der Waals surface area contributed by atoms with Gasteiger partial charge in [-0.1, -0.05) is 105 Å². The first-order valence-electron chi connectivity index (χ1n) is 10.3. The lowest BCUT2D eigenvalue weighted by atomic mass is 9.73. The van der Waals surface area contributed by atoms with Crippen LogP contribution in [0.5, 0.6) is 0 Å². The van der Waals surface area contributed by atoms with Crippen molar-refractivity contribution in [1.82, 2.24) is 0 Å². The van der Waals surface area contributed by atoms with Crippen LogP contribution in [0.1, 0.15) is 29.5 Å². The Morgan fingerprint density at radius 1 is 0.867 bits per heavy atom. The Hall–Kier alpha value is -1.94. The van der Waals surface area contributed by atoms with E-state index in [0.717, 1.165) is 51.6 Å². The van der Waals surface area contributed by atoms with Gasteiger partial charge in [0.25, 0.3) is 0 Å². The second kappa shape index (κ2) is 7.96. The van der Waals surface area contributed by atoms with Crippen LogP contribution in [0.2, 0.25) is 0 Å². The molecule has 0 bridgehead atoms. The maximum Gasteiger partial charge on any atom is 0.138 e. The van der Waals surface area contributed by atoms with Gasteiger partial charge >= 0.3 is 0 Å². The van der Waals surface area contributed by atoms with E-state index in [4.69, 9.17) is 0 Å². The van der Waals surface area contributed by atoms with Crippen LogP contribution in [-0.2, 0) is 12.0 Å². The van der Waals surface area contributed by atoms with Crippen LogP contribution in [0.25, 0.3) is 11.1 Å². The van der Waals surface area contributed by atoms with E-state index in [1.807, 2.05) is 12.1 Å². The number of hydrogen-bond acceptors (Lipinski definition) is 1. The van der Waals surface area contributed by atoms with Gasteiger partial charge in [0.15, 0.2) is 0 Å². The SMILES string of the molecule is OC1(c2ccccc2-c2ccccc2)C2=C(C=CC(Br)C2)CCc2ccc(Br)cc21. The Kier molecular flexibility index (Phi) is 5.30. The van der Waals surface area contributed by atoms with Crippen LogP contribution < -0.4 is 0 Å². The number of aryl methyl sites for hydroxylation is 1. The third-order valence-electron chi connectivity index (χ3n) is 6.26. The van der Waals surface area contributed by atoms with Gasteiger partial charge in [0, 0.05) is 14.9 Å². The molecule has 150 valence electrons. The Morgan fingerprint density at radius 3 is 2.47 bits per heavy atom. The highest BCUT2D eigenvalue weighted by Crippen LogP contribution is 2.50. The summed E-state index contributed by atoms with van der Waals surface area (Å²) in [6, 6.07) is 25.0. The van der Waals surface area contributed by atoms with Crippen LogP contribution in [0, 0.1) is 0 Å². The molecule has 0 aliphatic heterocycles. The number of benzene rings is 3. The maximum absolute atomic E-state index is 12.7. The molecule has 0 radical (unpaired) electrons. The van der Waals surface area contributed by atoms with Crippen molar-refractivity contribution in [1.29, 1.82) is 0 Å². The number of fused-ring (bicyclic) bond motifs is 1. The number of rotatable bonds is 2. The molecule has 0 fully saturated rings. The van der Waals surface area contributed by atoms with Crippen molar-refractivity contribution in [2.24, 2.45) is 0 Å². The molecule has 1 nitrogen and oxygen atoms in total. The molecule has 2 unspecified atom stereocenters. The van der Waals surface area contributed by atoms with Gasteiger partial charge in [0.2, 0.25) is 0 Å². The van der Waals surface area contributed by atoms with Gasteiger partial charge in [0.1, 0.15) is 5.60 Å². The van der Waals surface area contributed by atoms with Gasteiger partial charge in [-0.25, -0.2) is 0 Å². The zero-order valence-corrected chi connectivity index (χ0v) is 19.7. The minimum atomic E-state index is -1.19. The molecule has 3 aromatic carbocycles. The molecule has 0 saturated carbocycles. The number of halogens is 2. The zero-order valence-electron chi connectivity index (χ0n) is 16.5. The van der Waals surface area contributed by atoms with Crippen LogP contribution in [0.15, 0.2) is 101 Å². The molecular weight excluding hydrogens is 500 g/mol. The van der Waals surface area contributed by atoms with Crippen molar-refractivity contribution < 1.29 is 5.11 Å². The highest BCUT2D eigenvalue weighted by Gasteiger charge is 2.43. The average molecular weight is 522 g/mol. The van der Waals surface area contributed by atoms with Gasteiger partial charge in [-0.3, -0.25) is 0 Å². The summed E-state index contributed by atoms with van der Waals surface area (Å²) < 4.78 is 0.989. The van der Waals surface area contributed by atoms with Crippen molar-refractivity contribution in [2.45, 2.75) is 29.7 Å². The molecule has 3 heteroatoms. The summed E-state index contributed by atoms with van der Waals surface area (Å²) in [5.41, 5.74) is 6.49. The van der Waals surface area contributed by atoms with Crippen molar-refractivity contribution in [2.75, 3.05) is 0 Å². The van der Waals surface area contributed by atoms with Gasteiger partial charge in [-0.2, -0.15) is 0 Å². The summed E-state index contributed by atoms with van der Waals surface area (Å²) in [5, 5.41) is 12.7. The van der Waals surface area contributed by atoms with Crippen LogP contribution in [0.3, 0.4) is 0 Å². The third kappa shape index (κ3) is 3.33. The fraction of sp³-hybridized carbons (Fsp3) is 0.185. The van der Waals surface area contributed by atoms with Gasteiger partial charge in [0.05, 0.1) is 0 Å². The molecule has 2 aliphatic carbocycles. The highest BCUT2D eigenvalue weighted by atomic mass is 79.9. The first kappa shape index (κ1) is 20.0. The molecule has 2 aliphatic rings. The number of allylic oxidation sites excluding steroid dienone is 3. The first-order valence-corrected chi connectivity index (χ1v) is 12.0. The van der Waals surface area contributed by atoms with Crippen molar-refractivity contribution in [3.05, 3.63) is 117 Å². The number of alkyl halides is 1. The van der Waals surface area contributed by atoms with E-state index < -0.39 is 5.60 Å². The Labute approximate surface area is 194 Å². The Morgan fingerprint density at radius 2 is 1.63 bits per heavy atom. The molecule has 0 aromatic heterocycles. The van der Waals surface area contributed by atoms with E-state index in [0.29, 0.717) is 0 Å². The summed E-state index contributed by atoms with van der Waals surface area (Å²) in [4.78, 5) is 0.223. The normalized spacial score (nSPS) is 23.0. The standard InChI is InChI=1S/C27H22Br2O/c28-21-14-12-19-10-11-20-13-15-22(29)17-26(20)27(30,25(19)16-21)24-9-5-4-8-23(24)18-6-2-1-3-7-18/h1-9,12-16,22,30H,10-11,17H2. The van der Waals surface area contributed by atoms with Crippen LogP contribution in [0.4, 0.5) is 0 Å². The smallest absolute Gasteiger partial charge is 0.138 e. The molecule has 0 heterocycles. The summed E-state index contributed by atoms with van der Waals surface area (Å²) >= 11 is 7.43. The number of hydrogen-bond donors (Lipinski definition) is 1. The first-order chi connectivity index (χ1) is 14.6. The summed E-state index contributed by atoms with van der Waals surface area (Å²) in [6.45, 7) is 0. The van der Waals surface area contributed by atoms with Gasteiger partial charge in [-0.15, -0.1) is 0 Å². The lowest BCUT2D eigenvalue weighted by Crippen LogP contribution is -2.33. The molecule has 0 spiro atoms. The molecule has 30 heavy (non-hydrogen) atoms. The minimum Gasteiger partial charge on any atom is -0.376 e. The highest BCUT2D eigenvalue weighted by molar-refractivity contribution is 9.10. The molecule has 0 saturated heterocycles.